The molecule has 1 aliphatic rings. The molecule has 0 spiro atoms. The first kappa shape index (κ1) is 39.4. The molecular weight excluding hydrogens is 700 g/mol. The Bertz CT molecular complexity index is 1780. The van der Waals surface area contributed by atoms with Crippen LogP contribution >= 0.6 is 0 Å². The van der Waals surface area contributed by atoms with E-state index in [-0.39, 0.29) is 61.8 Å². The molecule has 1 saturated heterocycles. The summed E-state index contributed by atoms with van der Waals surface area (Å²) in [5.74, 6) is -3.12. The molecule has 0 bridgehead atoms. The summed E-state index contributed by atoms with van der Waals surface area (Å²) in [5, 5.41) is 2.98. The van der Waals surface area contributed by atoms with Crippen molar-refractivity contribution >= 4 is 23.9 Å². The van der Waals surface area contributed by atoms with E-state index in [1.165, 1.54) is 36.4 Å². The Balaban J connectivity index is 1.46. The fourth-order valence-electron chi connectivity index (χ4n) is 5.31. The summed E-state index contributed by atoms with van der Waals surface area (Å²) in [7, 11) is 0. The topological polar surface area (TPSA) is 177 Å². The quantitative estimate of drug-likeness (QED) is 0.0525. The van der Waals surface area contributed by atoms with Gasteiger partial charge in [-0.1, -0.05) is 72.8 Å². The van der Waals surface area contributed by atoms with Crippen LogP contribution in [-0.2, 0) is 37.9 Å². The number of carbonyl (C=O) groups excluding carboxylic acids is 4. The highest BCUT2D eigenvalue weighted by atomic mass is 16.7. The van der Waals surface area contributed by atoms with Crippen LogP contribution in [0.25, 0.3) is 5.53 Å². The van der Waals surface area contributed by atoms with E-state index in [4.69, 9.17) is 43.4 Å². The number of carbonyl (C=O) groups is 4. The number of esters is 4. The number of hydrogen-bond donors (Lipinski definition) is 0. The maximum absolute atomic E-state index is 13.7. The summed E-state index contributed by atoms with van der Waals surface area (Å²) in [6, 6.07) is 32.5. The molecule has 4 aromatic rings. The molecule has 282 valence electrons. The van der Waals surface area contributed by atoms with Gasteiger partial charge in [-0.05, 0) is 48.5 Å². The van der Waals surface area contributed by atoms with Crippen molar-refractivity contribution in [1.29, 1.82) is 0 Å². The summed E-state index contributed by atoms with van der Waals surface area (Å²) < 4.78 is 46.9. The van der Waals surface area contributed by atoms with Gasteiger partial charge in [0.25, 0.3) is 0 Å². The van der Waals surface area contributed by atoms with Gasteiger partial charge in [-0.2, -0.15) is 0 Å². The predicted molar refractivity (Wildman–Crippen MR) is 191 cm³/mol. The van der Waals surface area contributed by atoms with Crippen molar-refractivity contribution in [2.24, 2.45) is 5.11 Å². The molecule has 0 aromatic heterocycles. The van der Waals surface area contributed by atoms with Crippen LogP contribution in [0.2, 0.25) is 0 Å². The summed E-state index contributed by atoms with van der Waals surface area (Å²) in [5.41, 5.74) is 9.32. The second-order valence-electron chi connectivity index (χ2n) is 11.7. The number of hydrogen-bond acceptors (Lipinski definition) is 13. The second kappa shape index (κ2) is 21.0. The summed E-state index contributed by atoms with van der Waals surface area (Å²) in [4.78, 5) is 53.9. The Hall–Kier alpha value is -5.80. The zero-order chi connectivity index (χ0) is 38.0. The minimum Gasteiger partial charge on any atom is -0.712 e. The highest BCUT2D eigenvalue weighted by Crippen LogP contribution is 2.32. The zero-order valence-corrected chi connectivity index (χ0v) is 29.2. The van der Waals surface area contributed by atoms with Crippen molar-refractivity contribution in [3.05, 3.63) is 149 Å². The van der Waals surface area contributed by atoms with Crippen LogP contribution < -0.4 is 0 Å². The van der Waals surface area contributed by atoms with Crippen LogP contribution in [0.1, 0.15) is 41.4 Å². The van der Waals surface area contributed by atoms with Crippen LogP contribution in [0.4, 0.5) is 0 Å². The summed E-state index contributed by atoms with van der Waals surface area (Å²) in [6.45, 7) is 0.239. The van der Waals surface area contributed by atoms with Gasteiger partial charge in [-0.3, -0.25) is 0 Å². The van der Waals surface area contributed by atoms with Crippen LogP contribution in [0.15, 0.2) is 126 Å². The van der Waals surface area contributed by atoms with E-state index in [1.807, 2.05) is 0 Å². The highest BCUT2D eigenvalue weighted by Gasteiger charge is 2.53. The van der Waals surface area contributed by atoms with Gasteiger partial charge in [0.05, 0.1) is 55.3 Å². The molecule has 0 radical (unpaired) electrons. The van der Waals surface area contributed by atoms with Gasteiger partial charge in [0, 0.05) is 6.54 Å². The monoisotopic (exact) mass is 739 g/mol. The molecule has 0 amide bonds. The van der Waals surface area contributed by atoms with Crippen molar-refractivity contribution in [2.45, 2.75) is 30.7 Å². The molecule has 54 heavy (non-hydrogen) atoms. The summed E-state index contributed by atoms with van der Waals surface area (Å²) >= 11 is 0. The van der Waals surface area contributed by atoms with Crippen molar-refractivity contribution in [2.75, 3.05) is 46.2 Å². The molecule has 5 rings (SSSR count). The third-order valence-corrected chi connectivity index (χ3v) is 7.95. The van der Waals surface area contributed by atoms with E-state index >= 15 is 0 Å². The molecule has 0 N–H and O–H groups in total. The van der Waals surface area contributed by atoms with E-state index in [2.05, 4.69) is 5.11 Å². The molecule has 14 heteroatoms. The third-order valence-electron chi connectivity index (χ3n) is 7.95. The number of rotatable bonds is 19. The van der Waals surface area contributed by atoms with Crippen molar-refractivity contribution < 1.29 is 57.1 Å². The molecule has 1 aliphatic heterocycles. The first-order valence-electron chi connectivity index (χ1n) is 17.2. The van der Waals surface area contributed by atoms with Gasteiger partial charge in [0.15, 0.2) is 24.6 Å². The Morgan fingerprint density at radius 3 is 1.41 bits per heavy atom. The van der Waals surface area contributed by atoms with E-state index in [0.29, 0.717) is 0 Å². The van der Waals surface area contributed by atoms with Crippen LogP contribution in [-0.4, -0.2) is 101 Å². The second-order valence-corrected chi connectivity index (χ2v) is 11.7. The standard InChI is InChI=1S/C40H39N2O12/c41-42-21-22-47-23-24-48-25-26-49-40-35(54-39(46)31-19-11-4-12-20-31)34(53-38(45)30-17-9-3-10-18-30)33(52-37(44)29-15-7-2-8-16-29)32(51-40)27-50-36(43)28-13-5-1-6-14-28/h1-20,32-35,40H,21-27H2/q-1/t32?,33-,34+,35?,40+/m1/s1. The van der Waals surface area contributed by atoms with Crippen LogP contribution in [0.3, 0.4) is 0 Å². The largest absolute Gasteiger partial charge is 0.712 e. The predicted octanol–water partition coefficient (Wildman–Crippen LogP) is 5.32. The normalized spacial score (nSPS) is 19.2. The van der Waals surface area contributed by atoms with Crippen LogP contribution in [0.5, 0.6) is 0 Å². The van der Waals surface area contributed by atoms with Crippen LogP contribution in [0, 0.1) is 0 Å². The number of ether oxygens (including phenoxy) is 8. The van der Waals surface area contributed by atoms with Crippen molar-refractivity contribution in [1.82, 2.24) is 0 Å². The summed E-state index contributed by atoms with van der Waals surface area (Å²) in [6.07, 6.45) is -7.26. The number of benzene rings is 4. The van der Waals surface area contributed by atoms with Gasteiger partial charge >= 0.3 is 23.9 Å². The average Bonchev–Trinajstić information content (AvgIpc) is 3.22. The Kier molecular flexibility index (Phi) is 15.4. The molecule has 14 nitrogen and oxygen atoms in total. The van der Waals surface area contributed by atoms with E-state index in [1.54, 1.807) is 84.9 Å². The first-order chi connectivity index (χ1) is 26.4. The molecule has 5 atom stereocenters. The maximum Gasteiger partial charge on any atom is 0.338 e. The Labute approximate surface area is 311 Å². The smallest absolute Gasteiger partial charge is 0.338 e. The van der Waals surface area contributed by atoms with E-state index in [9.17, 15) is 19.2 Å². The molecule has 1 fully saturated rings. The highest BCUT2D eigenvalue weighted by molar-refractivity contribution is 5.91. The van der Waals surface area contributed by atoms with Gasteiger partial charge in [0.2, 0.25) is 0 Å². The lowest BCUT2D eigenvalue weighted by Crippen LogP contribution is -2.63. The Morgan fingerprint density at radius 2 is 0.926 bits per heavy atom. The molecule has 2 unspecified atom stereocenters. The lowest BCUT2D eigenvalue weighted by Gasteiger charge is -2.44. The molecule has 1 heterocycles. The molecule has 0 aliphatic carbocycles. The number of nitrogens with zero attached hydrogens (tertiary/aromatic N) is 2. The zero-order valence-electron chi connectivity index (χ0n) is 29.2. The van der Waals surface area contributed by atoms with Gasteiger partial charge in [-0.15, -0.1) is 0 Å². The lowest BCUT2D eigenvalue weighted by molar-refractivity contribution is -0.299. The minimum absolute atomic E-state index is 0.0432. The van der Waals surface area contributed by atoms with Crippen molar-refractivity contribution in [3.8, 4) is 0 Å². The average molecular weight is 740 g/mol. The van der Waals surface area contributed by atoms with Crippen molar-refractivity contribution in [3.63, 3.8) is 0 Å². The van der Waals surface area contributed by atoms with E-state index < -0.39 is 61.2 Å². The maximum atomic E-state index is 13.7. The minimum atomic E-state index is -1.54. The molecule has 4 aromatic carbocycles. The third kappa shape index (κ3) is 11.6. The Morgan fingerprint density at radius 1 is 0.519 bits per heavy atom. The molecule has 0 saturated carbocycles. The molecular formula is C40H39N2O12-. The lowest BCUT2D eigenvalue weighted by atomic mass is 9.97. The van der Waals surface area contributed by atoms with Gasteiger partial charge in [-0.25, -0.2) is 19.2 Å². The van der Waals surface area contributed by atoms with E-state index in [0.717, 1.165) is 0 Å². The van der Waals surface area contributed by atoms with Gasteiger partial charge in [0.1, 0.15) is 12.7 Å². The first-order valence-corrected chi connectivity index (χ1v) is 17.2. The van der Waals surface area contributed by atoms with Gasteiger partial charge < -0.3 is 48.5 Å². The SMILES string of the molecule is [N-]=NCCOCCOCCO[C@H]1OC(COC(=O)c2ccccc2)[C@@H](OC(=O)c2ccccc2)[C@H](OC(=O)c2ccccc2)C1OC(=O)c1ccccc1. The fourth-order valence-corrected chi connectivity index (χ4v) is 5.31. The fraction of sp³-hybridized carbons (Fsp3) is 0.300.